The van der Waals surface area contributed by atoms with Gasteiger partial charge in [0.1, 0.15) is 0 Å². The molecule has 1 heterocycles. The lowest BCUT2D eigenvalue weighted by molar-refractivity contribution is 0.795. The molecule has 1 unspecified atom stereocenters. The summed E-state index contributed by atoms with van der Waals surface area (Å²) in [5.41, 5.74) is 5.65. The van der Waals surface area contributed by atoms with Crippen LogP contribution in [0.2, 0.25) is 0 Å². The first-order valence-electron chi connectivity index (χ1n) is 6.96. The highest BCUT2D eigenvalue weighted by Crippen LogP contribution is 2.25. The van der Waals surface area contributed by atoms with Crippen LogP contribution in [-0.2, 0) is 6.42 Å². The predicted octanol–water partition coefficient (Wildman–Crippen LogP) is 4.97. The van der Waals surface area contributed by atoms with Crippen LogP contribution in [-0.4, -0.2) is 4.98 Å². The molecule has 0 aliphatic rings. The normalized spacial score (nSPS) is 12.4. The maximum Gasteiger partial charge on any atom is 0.0798 e. The van der Waals surface area contributed by atoms with E-state index in [9.17, 15) is 0 Å². The third-order valence-electron chi connectivity index (χ3n) is 3.33. The third-order valence-corrected chi connectivity index (χ3v) is 4.45. The fourth-order valence-electron chi connectivity index (χ4n) is 2.19. The molecule has 2 nitrogen and oxygen atoms in total. The second kappa shape index (κ2) is 6.71. The average molecular weight is 274 g/mol. The highest BCUT2D eigenvalue weighted by molar-refractivity contribution is 7.09. The van der Waals surface area contributed by atoms with E-state index in [1.807, 2.05) is 5.51 Å². The SMILES string of the molecule is CCCCc1ccc(NC(C)c2scnc2C)cc1. The van der Waals surface area contributed by atoms with E-state index in [2.05, 4.69) is 55.3 Å². The average Bonchev–Trinajstić information content (AvgIpc) is 2.84. The van der Waals surface area contributed by atoms with Gasteiger partial charge in [-0.2, -0.15) is 0 Å². The van der Waals surface area contributed by atoms with Gasteiger partial charge < -0.3 is 5.32 Å². The van der Waals surface area contributed by atoms with E-state index in [-0.39, 0.29) is 0 Å². The van der Waals surface area contributed by atoms with Gasteiger partial charge in [-0.3, -0.25) is 0 Å². The molecule has 0 saturated heterocycles. The molecule has 0 saturated carbocycles. The molecule has 1 N–H and O–H groups in total. The summed E-state index contributed by atoms with van der Waals surface area (Å²) >= 11 is 1.72. The van der Waals surface area contributed by atoms with Crippen molar-refractivity contribution < 1.29 is 0 Å². The maximum atomic E-state index is 4.31. The zero-order valence-electron chi connectivity index (χ0n) is 11.9. The predicted molar refractivity (Wildman–Crippen MR) is 83.9 cm³/mol. The Hall–Kier alpha value is -1.35. The number of unbranched alkanes of at least 4 members (excludes halogenated alkanes) is 1. The highest BCUT2D eigenvalue weighted by Gasteiger charge is 2.10. The summed E-state index contributed by atoms with van der Waals surface area (Å²) in [6.07, 6.45) is 3.70. The van der Waals surface area contributed by atoms with Gasteiger partial charge in [0.2, 0.25) is 0 Å². The number of aromatic nitrogens is 1. The first-order chi connectivity index (χ1) is 9.20. The first-order valence-corrected chi connectivity index (χ1v) is 7.84. The van der Waals surface area contributed by atoms with Crippen LogP contribution in [0.1, 0.15) is 48.9 Å². The van der Waals surface area contributed by atoms with Crippen LogP contribution < -0.4 is 5.32 Å². The summed E-state index contributed by atoms with van der Waals surface area (Å²) < 4.78 is 0. The van der Waals surface area contributed by atoms with Crippen LogP contribution in [0.3, 0.4) is 0 Å². The number of anilines is 1. The molecule has 0 radical (unpaired) electrons. The molecule has 0 fully saturated rings. The first kappa shape index (κ1) is 14.1. The van der Waals surface area contributed by atoms with Crippen LogP contribution >= 0.6 is 11.3 Å². The van der Waals surface area contributed by atoms with Gasteiger partial charge in [0, 0.05) is 10.6 Å². The molecular weight excluding hydrogens is 252 g/mol. The molecule has 0 amide bonds. The summed E-state index contributed by atoms with van der Waals surface area (Å²) in [6.45, 7) is 6.48. The Balaban J connectivity index is 1.97. The van der Waals surface area contributed by atoms with Crippen molar-refractivity contribution in [2.45, 2.75) is 46.1 Å². The largest absolute Gasteiger partial charge is 0.378 e. The molecule has 1 atom stereocenters. The number of benzene rings is 1. The number of thiazole rings is 1. The Morgan fingerprint density at radius 1 is 1.26 bits per heavy atom. The van der Waals surface area contributed by atoms with Crippen molar-refractivity contribution in [3.8, 4) is 0 Å². The van der Waals surface area contributed by atoms with Crippen molar-refractivity contribution in [1.29, 1.82) is 0 Å². The van der Waals surface area contributed by atoms with Gasteiger partial charge in [-0.25, -0.2) is 4.98 Å². The number of nitrogens with zero attached hydrogens (tertiary/aromatic N) is 1. The molecule has 2 aromatic rings. The van der Waals surface area contributed by atoms with Crippen LogP contribution in [0.15, 0.2) is 29.8 Å². The fourth-order valence-corrected chi connectivity index (χ4v) is 3.00. The number of rotatable bonds is 6. The fraction of sp³-hybridized carbons (Fsp3) is 0.438. The minimum absolute atomic E-state index is 0.314. The summed E-state index contributed by atoms with van der Waals surface area (Å²) in [4.78, 5) is 5.62. The van der Waals surface area contributed by atoms with E-state index < -0.39 is 0 Å². The minimum atomic E-state index is 0.314. The van der Waals surface area contributed by atoms with Crippen LogP contribution in [0.5, 0.6) is 0 Å². The van der Waals surface area contributed by atoms with Crippen molar-refractivity contribution >= 4 is 17.0 Å². The monoisotopic (exact) mass is 274 g/mol. The molecule has 0 bridgehead atoms. The highest BCUT2D eigenvalue weighted by atomic mass is 32.1. The summed E-state index contributed by atoms with van der Waals surface area (Å²) in [5.74, 6) is 0. The van der Waals surface area contributed by atoms with Crippen molar-refractivity contribution in [2.75, 3.05) is 5.32 Å². The van der Waals surface area contributed by atoms with Gasteiger partial charge in [0.05, 0.1) is 17.2 Å². The lowest BCUT2D eigenvalue weighted by Gasteiger charge is -2.14. The van der Waals surface area contributed by atoms with Crippen LogP contribution in [0.4, 0.5) is 5.69 Å². The van der Waals surface area contributed by atoms with E-state index in [4.69, 9.17) is 0 Å². The van der Waals surface area contributed by atoms with E-state index in [0.29, 0.717) is 6.04 Å². The van der Waals surface area contributed by atoms with Crippen molar-refractivity contribution in [1.82, 2.24) is 4.98 Å². The minimum Gasteiger partial charge on any atom is -0.378 e. The van der Waals surface area contributed by atoms with Gasteiger partial charge >= 0.3 is 0 Å². The Bertz CT molecular complexity index is 502. The zero-order chi connectivity index (χ0) is 13.7. The number of nitrogens with one attached hydrogen (secondary N) is 1. The molecular formula is C16H22N2S. The Labute approximate surface area is 119 Å². The van der Waals surface area contributed by atoms with Gasteiger partial charge in [0.25, 0.3) is 0 Å². The molecule has 3 heteroatoms. The molecule has 1 aromatic carbocycles. The van der Waals surface area contributed by atoms with E-state index in [1.165, 1.54) is 35.4 Å². The van der Waals surface area contributed by atoms with Crippen LogP contribution in [0, 0.1) is 6.92 Å². The van der Waals surface area contributed by atoms with Crippen molar-refractivity contribution in [3.63, 3.8) is 0 Å². The zero-order valence-corrected chi connectivity index (χ0v) is 12.8. The summed E-state index contributed by atoms with van der Waals surface area (Å²) in [7, 11) is 0. The number of hydrogen-bond acceptors (Lipinski definition) is 3. The Morgan fingerprint density at radius 2 is 2.00 bits per heavy atom. The Kier molecular flexibility index (Phi) is 4.97. The summed E-state index contributed by atoms with van der Waals surface area (Å²) in [6, 6.07) is 9.12. The molecule has 2 rings (SSSR count). The molecule has 19 heavy (non-hydrogen) atoms. The second-order valence-corrected chi connectivity index (χ2v) is 5.85. The molecule has 0 aliphatic heterocycles. The third kappa shape index (κ3) is 3.80. The van der Waals surface area contributed by atoms with Crippen molar-refractivity contribution in [3.05, 3.63) is 45.9 Å². The standard InChI is InChI=1S/C16H22N2S/c1-4-5-6-14-7-9-15(10-8-14)18-13(3)16-12(2)17-11-19-16/h7-11,13,18H,4-6H2,1-3H3. The smallest absolute Gasteiger partial charge is 0.0798 e. The topological polar surface area (TPSA) is 24.9 Å². The van der Waals surface area contributed by atoms with Gasteiger partial charge in [0.15, 0.2) is 0 Å². The molecule has 102 valence electrons. The second-order valence-electron chi connectivity index (χ2n) is 4.97. The van der Waals surface area contributed by atoms with E-state index >= 15 is 0 Å². The lowest BCUT2D eigenvalue weighted by atomic mass is 10.1. The molecule has 0 aliphatic carbocycles. The van der Waals surface area contributed by atoms with Gasteiger partial charge in [-0.05, 0) is 44.4 Å². The van der Waals surface area contributed by atoms with Crippen LogP contribution in [0.25, 0.3) is 0 Å². The number of hydrogen-bond donors (Lipinski definition) is 1. The van der Waals surface area contributed by atoms with E-state index in [1.54, 1.807) is 11.3 Å². The molecule has 1 aromatic heterocycles. The number of aryl methyl sites for hydroxylation is 2. The Morgan fingerprint density at radius 3 is 2.58 bits per heavy atom. The lowest BCUT2D eigenvalue weighted by Crippen LogP contribution is -2.06. The summed E-state index contributed by atoms with van der Waals surface area (Å²) in [5, 5.41) is 3.54. The quantitative estimate of drug-likeness (QED) is 0.804. The molecule has 0 spiro atoms. The van der Waals surface area contributed by atoms with Crippen molar-refractivity contribution in [2.24, 2.45) is 0 Å². The van der Waals surface area contributed by atoms with Gasteiger partial charge in [-0.1, -0.05) is 25.5 Å². The van der Waals surface area contributed by atoms with E-state index in [0.717, 1.165) is 5.69 Å². The van der Waals surface area contributed by atoms with Gasteiger partial charge in [-0.15, -0.1) is 11.3 Å². The maximum absolute atomic E-state index is 4.31.